The van der Waals surface area contributed by atoms with E-state index in [-0.39, 0.29) is 47.3 Å². The number of pyridine rings is 1. The Balaban J connectivity index is 5.35. The molecule has 0 radical (unpaired) electrons. The Morgan fingerprint density at radius 1 is 0.296 bits per heavy atom. The molecular weight excluding hydrogens is 1070 g/mol. The van der Waals surface area contributed by atoms with Gasteiger partial charge >= 0.3 is 0 Å². The Labute approximate surface area is 507 Å². The summed E-state index contributed by atoms with van der Waals surface area (Å²) in [7, 11) is -14.1. The van der Waals surface area contributed by atoms with Crippen LogP contribution in [-0.2, 0) is 18.3 Å². The number of aromatic nitrogens is 1. The van der Waals surface area contributed by atoms with Crippen LogP contribution in [0.3, 0.4) is 0 Å². The maximum absolute atomic E-state index is 17.9. The maximum Gasteiger partial charge on any atom is 0.210 e. The van der Waals surface area contributed by atoms with Crippen LogP contribution in [0.4, 0.5) is 0 Å². The molecule has 0 bridgehead atoms. The third-order valence-electron chi connectivity index (χ3n) is 20.2. The van der Waals surface area contributed by atoms with Crippen molar-refractivity contribution in [3.63, 3.8) is 0 Å². The third-order valence-corrected chi connectivity index (χ3v) is 38.9. The second-order valence-corrected chi connectivity index (χ2v) is 40.4. The molecule has 1 aromatic rings. The van der Waals surface area contributed by atoms with Crippen LogP contribution < -0.4 is 4.73 Å². The van der Waals surface area contributed by atoms with Gasteiger partial charge in [0.05, 0.1) is 0 Å². The van der Waals surface area contributed by atoms with Gasteiger partial charge in [-0.3, -0.25) is 0 Å². The molecule has 480 valence electrons. The molecule has 0 aliphatic heterocycles. The first-order chi connectivity index (χ1) is 38.8. The number of unbranched alkanes of at least 4 members (excludes halogenated alkanes) is 8. The number of nitrogens with zero attached hydrogens (tertiary/aromatic N) is 1. The molecule has 10 heteroatoms. The van der Waals surface area contributed by atoms with Gasteiger partial charge in [0.2, 0.25) is 11.4 Å². The maximum atomic E-state index is 17.9. The van der Waals surface area contributed by atoms with E-state index in [1.165, 1.54) is 0 Å². The summed E-state index contributed by atoms with van der Waals surface area (Å²) < 4.78 is 72.8. The average molecular weight is 1210 g/mol. The van der Waals surface area contributed by atoms with E-state index >= 15 is 23.5 Å². The lowest BCUT2D eigenvalue weighted by molar-refractivity contribution is -0.620. The van der Waals surface area contributed by atoms with Gasteiger partial charge in [-0.15, -0.1) is 0 Å². The van der Waals surface area contributed by atoms with Gasteiger partial charge in [-0.1, -0.05) is 316 Å². The lowest BCUT2D eigenvalue weighted by atomic mass is 10.0. The molecule has 0 N–H and O–H groups in total. The normalized spacial score (nSPS) is 19.0. The molecule has 1 heterocycles. The van der Waals surface area contributed by atoms with Crippen LogP contribution in [-0.4, -0.2) is 49.3 Å². The van der Waals surface area contributed by atoms with Crippen molar-refractivity contribution in [2.45, 2.75) is 327 Å². The fraction of sp³-hybridized carbons (Fsp3) is 0.930. The van der Waals surface area contributed by atoms with E-state index in [9.17, 15) is 0 Å². The minimum atomic E-state index is -3.52. The lowest BCUT2D eigenvalue weighted by Gasteiger charge is -2.41. The van der Waals surface area contributed by atoms with Crippen molar-refractivity contribution in [1.82, 2.24) is 0 Å². The highest BCUT2D eigenvalue weighted by Gasteiger charge is 2.56. The van der Waals surface area contributed by atoms with Crippen LogP contribution in [0, 0.1) is 52.6 Å². The van der Waals surface area contributed by atoms with Crippen LogP contribution in [0.5, 0.6) is 0 Å². The van der Waals surface area contributed by atoms with E-state index < -0.39 is 39.4 Å². The monoisotopic (exact) mass is 1210 g/mol. The highest BCUT2D eigenvalue weighted by atomic mass is 31.2. The zero-order chi connectivity index (χ0) is 60.9. The lowest BCUT2D eigenvalue weighted by Crippen LogP contribution is -2.41. The highest BCUT2D eigenvalue weighted by Crippen LogP contribution is 2.81. The number of rotatable bonds is 54. The molecule has 8 unspecified atom stereocenters. The molecule has 0 saturated heterocycles. The number of hydrogen-bond donors (Lipinski definition) is 0. The van der Waals surface area contributed by atoms with Gasteiger partial charge in [-0.05, 0) is 53.4 Å². The Bertz CT molecular complexity index is 1600. The quantitative estimate of drug-likeness (QED) is 0.0368. The first-order valence-electron chi connectivity index (χ1n) is 35.9. The molecule has 1 aromatic heterocycles. The standard InChI is InChI=1S/C71H141NO5P4/c1-17-33-42-60(25-9)52-78(74,53-61(26-10)43-34-18-2)70(79(75,54-62(27-11)44-35-19-3)55-63(28-12)45-36-20-4)68-50-41-51-69(72(68)73)71(80(76,56-64(29-13)46-37-21-5)57-65(30-14)47-38-22-6)81(77,58-66(31-15)48-39-23-7)59-67(32-16)49-40-24-8/h41,50-51,60-67,70-71H,17-40,42-49,52-59H2,1-16H3. The Morgan fingerprint density at radius 2 is 0.444 bits per heavy atom. The predicted molar refractivity (Wildman–Crippen MR) is 367 cm³/mol. The Morgan fingerprint density at radius 3 is 0.568 bits per heavy atom. The average Bonchev–Trinajstić information content (AvgIpc) is 3.48. The summed E-state index contributed by atoms with van der Waals surface area (Å²) in [5.74, 6) is 1.57. The molecule has 0 spiro atoms. The molecule has 0 aliphatic rings. The summed E-state index contributed by atoms with van der Waals surface area (Å²) in [6.07, 6.45) is 36.2. The molecule has 0 fully saturated rings. The molecule has 6 nitrogen and oxygen atoms in total. The predicted octanol–water partition coefficient (Wildman–Crippen LogP) is 25.5. The fourth-order valence-electron chi connectivity index (χ4n) is 14.6. The Kier molecular flexibility index (Phi) is 43.2. The second-order valence-electron chi connectivity index (χ2n) is 27.0. The van der Waals surface area contributed by atoms with Gasteiger partial charge in [0.25, 0.3) is 0 Å². The minimum Gasteiger partial charge on any atom is -0.618 e. The zero-order valence-corrected chi connectivity index (χ0v) is 60.6. The van der Waals surface area contributed by atoms with E-state index in [1.807, 2.05) is 18.2 Å². The highest BCUT2D eigenvalue weighted by molar-refractivity contribution is 7.81. The van der Waals surface area contributed by atoms with E-state index in [1.54, 1.807) is 0 Å². The van der Waals surface area contributed by atoms with E-state index in [0.29, 0.717) is 60.7 Å². The van der Waals surface area contributed by atoms with Crippen molar-refractivity contribution in [2.75, 3.05) is 49.3 Å². The van der Waals surface area contributed by atoms with E-state index in [2.05, 4.69) is 111 Å². The van der Waals surface area contributed by atoms with Crippen LogP contribution in [0.2, 0.25) is 0 Å². The zero-order valence-electron chi connectivity index (χ0n) is 57.1. The van der Waals surface area contributed by atoms with Gasteiger partial charge in [0, 0.05) is 61.4 Å². The van der Waals surface area contributed by atoms with E-state index in [4.69, 9.17) is 0 Å². The van der Waals surface area contributed by atoms with Gasteiger partial charge < -0.3 is 23.5 Å². The molecule has 81 heavy (non-hydrogen) atoms. The first-order valence-corrected chi connectivity index (χ1v) is 44.4. The fourth-order valence-corrected chi connectivity index (χ4v) is 38.4. The molecule has 8 atom stereocenters. The molecule has 0 saturated carbocycles. The largest absolute Gasteiger partial charge is 0.618 e. The van der Waals surface area contributed by atoms with Crippen molar-refractivity contribution in [1.29, 1.82) is 0 Å². The van der Waals surface area contributed by atoms with Gasteiger partial charge in [-0.25, -0.2) is 0 Å². The molecule has 0 aliphatic carbocycles. The molecule has 0 amide bonds. The van der Waals surface area contributed by atoms with Crippen LogP contribution in [0.1, 0.15) is 338 Å². The summed E-state index contributed by atoms with van der Waals surface area (Å²) in [5.41, 5.74) is 0.835. The van der Waals surface area contributed by atoms with Crippen molar-refractivity contribution < 1.29 is 23.0 Å². The summed E-state index contributed by atoms with van der Waals surface area (Å²) >= 11 is 0. The van der Waals surface area contributed by atoms with Crippen molar-refractivity contribution in [3.8, 4) is 0 Å². The second kappa shape index (κ2) is 44.3. The summed E-state index contributed by atoms with van der Waals surface area (Å²) in [5, 5.41) is 15.5. The van der Waals surface area contributed by atoms with Crippen molar-refractivity contribution in [2.24, 2.45) is 47.3 Å². The van der Waals surface area contributed by atoms with Gasteiger partial charge in [0.15, 0.2) is 10.8 Å². The third kappa shape index (κ3) is 27.0. The molecule has 1 rings (SSSR count). The first kappa shape index (κ1) is 78.9. The minimum absolute atomic E-state index is 0.197. The van der Waals surface area contributed by atoms with Crippen LogP contribution >= 0.6 is 28.6 Å². The van der Waals surface area contributed by atoms with Crippen molar-refractivity contribution >= 4 is 28.6 Å². The van der Waals surface area contributed by atoms with Gasteiger partial charge in [-0.2, -0.15) is 4.73 Å². The van der Waals surface area contributed by atoms with E-state index in [0.717, 1.165) is 210 Å². The molecule has 0 aromatic carbocycles. The topological polar surface area (TPSA) is 95.2 Å². The summed E-state index contributed by atoms with van der Waals surface area (Å²) in [6, 6.07) is 5.96. The SMILES string of the molecule is CCCCC(CC)CP(=O)(CC(CC)CCCC)C(c1cccc(C(P(=O)(CC(CC)CCCC)CC(CC)CCCC)P(=O)(CC(CC)CCCC)CC(CC)CCCC)[n+]1[O-])P(=O)(CC(CC)CCCC)CC(CC)CCCC. The van der Waals surface area contributed by atoms with Crippen LogP contribution in [0.25, 0.3) is 0 Å². The summed E-state index contributed by atoms with van der Waals surface area (Å²) in [6.45, 7) is 36.1. The number of hydrogen-bond acceptors (Lipinski definition) is 5. The molecular formula is C71H141NO5P4. The van der Waals surface area contributed by atoms with Crippen LogP contribution in [0.15, 0.2) is 18.2 Å². The summed E-state index contributed by atoms with van der Waals surface area (Å²) in [4.78, 5) is 0. The smallest absolute Gasteiger partial charge is 0.210 e. The Hall–Kier alpha value is -0.130. The van der Waals surface area contributed by atoms with Crippen molar-refractivity contribution in [3.05, 3.63) is 34.8 Å². The van der Waals surface area contributed by atoms with Gasteiger partial charge in [0.1, 0.15) is 28.6 Å².